The number of hydrogen-bond acceptors (Lipinski definition) is 4. The summed E-state index contributed by atoms with van der Waals surface area (Å²) in [5.74, 6) is 0.597. The van der Waals surface area contributed by atoms with Gasteiger partial charge < -0.3 is 14.2 Å². The van der Waals surface area contributed by atoms with Crippen molar-refractivity contribution in [3.8, 4) is 0 Å². The minimum Gasteiger partial charge on any atom is -0.437 e. The summed E-state index contributed by atoms with van der Waals surface area (Å²) < 4.78 is 19.2. The average Bonchev–Trinajstić information content (AvgIpc) is 3.12. The first-order chi connectivity index (χ1) is 13.4. The fourth-order valence-corrected chi connectivity index (χ4v) is 3.93. The Hall–Kier alpha value is -2.70. The second-order valence-corrected chi connectivity index (χ2v) is 7.83. The Kier molecular flexibility index (Phi) is 4.91. The summed E-state index contributed by atoms with van der Waals surface area (Å²) in [5.41, 5.74) is 1.52. The van der Waals surface area contributed by atoms with Crippen molar-refractivity contribution < 1.29 is 18.4 Å². The Morgan fingerprint density at radius 1 is 1.21 bits per heavy atom. The fraction of sp³-hybridized carbons (Fsp3) is 0.476. The van der Waals surface area contributed by atoms with E-state index in [0.717, 1.165) is 25.9 Å². The zero-order valence-corrected chi connectivity index (χ0v) is 16.2. The predicted octanol–water partition coefficient (Wildman–Crippen LogP) is 3.19. The Morgan fingerprint density at radius 2 is 2.04 bits per heavy atom. The maximum absolute atomic E-state index is 13.5. The standard InChI is InChI=1S/C21H24FN3O3/c1-13-4-3-8-24(11-13)21(27)19-23-17-12-25(9-7-18(17)28-19)20(26)15-5-6-16(22)14(2)10-15/h5-6,10,13H,3-4,7-9,11-12H2,1-2H3/t13-/m1/s1. The van der Waals surface area contributed by atoms with E-state index in [0.29, 0.717) is 41.5 Å². The van der Waals surface area contributed by atoms with Crippen molar-refractivity contribution >= 4 is 11.8 Å². The fourth-order valence-electron chi connectivity index (χ4n) is 3.93. The van der Waals surface area contributed by atoms with Gasteiger partial charge in [0.05, 0.1) is 6.54 Å². The molecule has 4 rings (SSSR count). The number of hydrogen-bond donors (Lipinski definition) is 0. The van der Waals surface area contributed by atoms with Crippen LogP contribution in [-0.2, 0) is 13.0 Å². The smallest absolute Gasteiger partial charge is 0.309 e. The summed E-state index contributed by atoms with van der Waals surface area (Å²) in [6.45, 7) is 5.99. The lowest BCUT2D eigenvalue weighted by Gasteiger charge is -2.29. The van der Waals surface area contributed by atoms with Crippen LogP contribution in [0.3, 0.4) is 0 Å². The maximum atomic E-state index is 13.5. The summed E-state index contributed by atoms with van der Waals surface area (Å²) >= 11 is 0. The summed E-state index contributed by atoms with van der Waals surface area (Å²) in [4.78, 5) is 33.3. The highest BCUT2D eigenvalue weighted by Crippen LogP contribution is 2.24. The lowest BCUT2D eigenvalue weighted by Crippen LogP contribution is -2.39. The van der Waals surface area contributed by atoms with Crippen LogP contribution in [0.1, 0.15) is 57.8 Å². The molecule has 7 heteroatoms. The largest absolute Gasteiger partial charge is 0.437 e. The Labute approximate surface area is 163 Å². The SMILES string of the molecule is Cc1cc(C(=O)N2CCc3oc(C(=O)N4CCC[C@@H](C)C4)nc3C2)ccc1F. The van der Waals surface area contributed by atoms with Crippen LogP contribution >= 0.6 is 0 Å². The molecule has 2 aromatic rings. The van der Waals surface area contributed by atoms with E-state index in [2.05, 4.69) is 11.9 Å². The highest BCUT2D eigenvalue weighted by molar-refractivity contribution is 5.94. The molecule has 0 bridgehead atoms. The molecule has 6 nitrogen and oxygen atoms in total. The number of likely N-dealkylation sites (tertiary alicyclic amines) is 1. The quantitative estimate of drug-likeness (QED) is 0.796. The van der Waals surface area contributed by atoms with E-state index in [9.17, 15) is 14.0 Å². The first-order valence-corrected chi connectivity index (χ1v) is 9.75. The van der Waals surface area contributed by atoms with Gasteiger partial charge in [-0.3, -0.25) is 9.59 Å². The Bertz CT molecular complexity index is 924. The van der Waals surface area contributed by atoms with E-state index in [1.54, 1.807) is 22.8 Å². The van der Waals surface area contributed by atoms with Gasteiger partial charge in [0.1, 0.15) is 17.3 Å². The van der Waals surface area contributed by atoms with Crippen LogP contribution in [0.5, 0.6) is 0 Å². The molecule has 0 aliphatic carbocycles. The van der Waals surface area contributed by atoms with E-state index in [-0.39, 0.29) is 30.1 Å². The van der Waals surface area contributed by atoms with Crippen LogP contribution in [0.4, 0.5) is 4.39 Å². The third-order valence-corrected chi connectivity index (χ3v) is 5.55. The number of fused-ring (bicyclic) bond motifs is 1. The van der Waals surface area contributed by atoms with Crippen molar-refractivity contribution in [1.82, 2.24) is 14.8 Å². The monoisotopic (exact) mass is 385 g/mol. The number of aromatic nitrogens is 1. The molecule has 3 heterocycles. The van der Waals surface area contributed by atoms with Crippen molar-refractivity contribution in [1.29, 1.82) is 0 Å². The lowest BCUT2D eigenvalue weighted by atomic mass is 10.0. The van der Waals surface area contributed by atoms with E-state index >= 15 is 0 Å². The van der Waals surface area contributed by atoms with Crippen LogP contribution in [0, 0.1) is 18.7 Å². The number of amides is 2. The minimum absolute atomic E-state index is 0.117. The number of piperidine rings is 1. The van der Waals surface area contributed by atoms with Crippen molar-refractivity contribution in [3.05, 3.63) is 52.5 Å². The van der Waals surface area contributed by atoms with Gasteiger partial charge in [0.2, 0.25) is 0 Å². The molecule has 2 aliphatic rings. The van der Waals surface area contributed by atoms with Gasteiger partial charge in [-0.25, -0.2) is 9.37 Å². The van der Waals surface area contributed by atoms with E-state index in [1.165, 1.54) is 12.1 Å². The summed E-state index contributed by atoms with van der Waals surface area (Å²) in [7, 11) is 0. The molecule has 0 saturated carbocycles. The van der Waals surface area contributed by atoms with Crippen LogP contribution in [0.25, 0.3) is 0 Å². The molecule has 0 radical (unpaired) electrons. The molecule has 1 atom stereocenters. The molecule has 0 unspecified atom stereocenters. The highest BCUT2D eigenvalue weighted by atomic mass is 19.1. The molecular formula is C21H24FN3O3. The molecule has 0 N–H and O–H groups in total. The number of benzene rings is 1. The second-order valence-electron chi connectivity index (χ2n) is 7.83. The Balaban J connectivity index is 1.49. The zero-order valence-electron chi connectivity index (χ0n) is 16.2. The van der Waals surface area contributed by atoms with Crippen LogP contribution in [0.15, 0.2) is 22.6 Å². The van der Waals surface area contributed by atoms with Gasteiger partial charge in [0, 0.05) is 31.6 Å². The lowest BCUT2D eigenvalue weighted by molar-refractivity contribution is 0.0638. The highest BCUT2D eigenvalue weighted by Gasteiger charge is 2.30. The first kappa shape index (κ1) is 18.7. The normalized spacial score (nSPS) is 19.5. The summed E-state index contributed by atoms with van der Waals surface area (Å²) in [5, 5.41) is 0. The van der Waals surface area contributed by atoms with Gasteiger partial charge in [0.15, 0.2) is 0 Å². The molecule has 1 aromatic carbocycles. The average molecular weight is 385 g/mol. The second kappa shape index (κ2) is 7.37. The molecule has 148 valence electrons. The third kappa shape index (κ3) is 3.53. The third-order valence-electron chi connectivity index (χ3n) is 5.55. The molecule has 0 spiro atoms. The number of rotatable bonds is 2. The van der Waals surface area contributed by atoms with E-state index in [1.807, 2.05) is 0 Å². The van der Waals surface area contributed by atoms with E-state index in [4.69, 9.17) is 4.42 Å². The number of oxazole rings is 1. The number of nitrogens with zero attached hydrogens (tertiary/aromatic N) is 3. The minimum atomic E-state index is -0.329. The van der Waals surface area contributed by atoms with Crippen molar-refractivity contribution in [2.24, 2.45) is 5.92 Å². The van der Waals surface area contributed by atoms with Crippen molar-refractivity contribution in [2.45, 2.75) is 39.7 Å². The number of aryl methyl sites for hydroxylation is 1. The van der Waals surface area contributed by atoms with Gasteiger partial charge in [-0.1, -0.05) is 6.92 Å². The van der Waals surface area contributed by atoms with Crippen molar-refractivity contribution in [2.75, 3.05) is 19.6 Å². The number of halogens is 1. The van der Waals surface area contributed by atoms with Gasteiger partial charge in [-0.2, -0.15) is 0 Å². The maximum Gasteiger partial charge on any atom is 0.309 e. The van der Waals surface area contributed by atoms with Crippen LogP contribution in [-0.4, -0.2) is 46.2 Å². The van der Waals surface area contributed by atoms with Gasteiger partial charge in [-0.15, -0.1) is 0 Å². The van der Waals surface area contributed by atoms with Crippen molar-refractivity contribution in [3.63, 3.8) is 0 Å². The molecule has 2 aliphatic heterocycles. The molecule has 1 aromatic heterocycles. The van der Waals surface area contributed by atoms with Crippen LogP contribution < -0.4 is 0 Å². The zero-order chi connectivity index (χ0) is 19.8. The topological polar surface area (TPSA) is 66.7 Å². The van der Waals surface area contributed by atoms with Gasteiger partial charge >= 0.3 is 5.91 Å². The number of carbonyl (C=O) groups is 2. The molecule has 1 saturated heterocycles. The molecular weight excluding hydrogens is 361 g/mol. The molecule has 2 amide bonds. The number of carbonyl (C=O) groups excluding carboxylic acids is 2. The van der Waals surface area contributed by atoms with Gasteiger partial charge in [0.25, 0.3) is 11.8 Å². The van der Waals surface area contributed by atoms with Gasteiger partial charge in [-0.05, 0) is 49.4 Å². The summed E-state index contributed by atoms with van der Waals surface area (Å²) in [6.07, 6.45) is 2.64. The van der Waals surface area contributed by atoms with E-state index < -0.39 is 0 Å². The van der Waals surface area contributed by atoms with Crippen LogP contribution in [0.2, 0.25) is 0 Å². The summed E-state index contributed by atoms with van der Waals surface area (Å²) in [6, 6.07) is 4.36. The Morgan fingerprint density at radius 3 is 2.79 bits per heavy atom. The first-order valence-electron chi connectivity index (χ1n) is 9.75. The molecule has 1 fully saturated rings. The predicted molar refractivity (Wildman–Crippen MR) is 100 cm³/mol. The molecule has 28 heavy (non-hydrogen) atoms.